The second-order valence-electron chi connectivity index (χ2n) is 5.88. The van der Waals surface area contributed by atoms with Crippen LogP contribution in [0.15, 0.2) is 41.5 Å². The highest BCUT2D eigenvalue weighted by Crippen LogP contribution is 2.15. The van der Waals surface area contributed by atoms with Crippen molar-refractivity contribution in [3.05, 3.63) is 47.0 Å². The zero-order valence-electron chi connectivity index (χ0n) is 13.9. The standard InChI is InChI=1S/C17H19N5O3/c1-13(17(25)21-10-8-20(12-23)9-11-21)22-16(24)3-2-15(19-22)14-4-6-18-7-5-14/h2-7,12-13H,8-11H2,1H3. The van der Waals surface area contributed by atoms with Crippen molar-refractivity contribution in [2.24, 2.45) is 0 Å². The molecule has 3 rings (SSSR count). The van der Waals surface area contributed by atoms with Crippen molar-refractivity contribution in [2.45, 2.75) is 13.0 Å². The van der Waals surface area contributed by atoms with Gasteiger partial charge in [-0.05, 0) is 25.1 Å². The highest BCUT2D eigenvalue weighted by molar-refractivity contribution is 5.80. The van der Waals surface area contributed by atoms with Gasteiger partial charge in [-0.2, -0.15) is 5.10 Å². The maximum atomic E-state index is 12.7. The molecule has 0 spiro atoms. The lowest BCUT2D eigenvalue weighted by atomic mass is 10.2. The molecule has 1 fully saturated rings. The lowest BCUT2D eigenvalue weighted by Gasteiger charge is -2.34. The predicted molar refractivity (Wildman–Crippen MR) is 90.7 cm³/mol. The second kappa shape index (κ2) is 7.25. The van der Waals surface area contributed by atoms with Gasteiger partial charge >= 0.3 is 0 Å². The Morgan fingerprint density at radius 2 is 1.80 bits per heavy atom. The molecule has 1 aliphatic rings. The predicted octanol–water partition coefficient (Wildman–Crippen LogP) is 0.167. The molecule has 8 heteroatoms. The Balaban J connectivity index is 1.82. The van der Waals surface area contributed by atoms with Crippen LogP contribution in [0.5, 0.6) is 0 Å². The number of hydrogen-bond acceptors (Lipinski definition) is 5. The monoisotopic (exact) mass is 341 g/mol. The average molecular weight is 341 g/mol. The number of hydrogen-bond donors (Lipinski definition) is 0. The zero-order chi connectivity index (χ0) is 17.8. The van der Waals surface area contributed by atoms with Gasteiger partial charge in [-0.1, -0.05) is 0 Å². The Bertz CT molecular complexity index is 813. The molecule has 0 aromatic carbocycles. The van der Waals surface area contributed by atoms with E-state index in [0.717, 1.165) is 12.0 Å². The van der Waals surface area contributed by atoms with Crippen LogP contribution in [-0.4, -0.2) is 63.1 Å². The first-order valence-electron chi connectivity index (χ1n) is 8.08. The minimum absolute atomic E-state index is 0.174. The van der Waals surface area contributed by atoms with Crippen molar-refractivity contribution in [2.75, 3.05) is 26.2 Å². The lowest BCUT2D eigenvalue weighted by molar-refractivity contribution is -0.138. The normalized spacial score (nSPS) is 15.7. The molecule has 3 heterocycles. The van der Waals surface area contributed by atoms with E-state index >= 15 is 0 Å². The van der Waals surface area contributed by atoms with Crippen molar-refractivity contribution < 1.29 is 9.59 Å². The van der Waals surface area contributed by atoms with E-state index in [1.54, 1.807) is 47.3 Å². The smallest absolute Gasteiger partial charge is 0.267 e. The molecular formula is C17H19N5O3. The largest absolute Gasteiger partial charge is 0.342 e. The molecule has 1 atom stereocenters. The Morgan fingerprint density at radius 3 is 2.44 bits per heavy atom. The fourth-order valence-corrected chi connectivity index (χ4v) is 2.80. The number of rotatable bonds is 4. The topological polar surface area (TPSA) is 88.4 Å². The molecule has 0 saturated carbocycles. The van der Waals surface area contributed by atoms with E-state index in [1.165, 1.54) is 10.7 Å². The summed E-state index contributed by atoms with van der Waals surface area (Å²) >= 11 is 0. The van der Waals surface area contributed by atoms with Crippen LogP contribution in [-0.2, 0) is 9.59 Å². The van der Waals surface area contributed by atoms with Crippen molar-refractivity contribution >= 4 is 12.3 Å². The van der Waals surface area contributed by atoms with Crippen LogP contribution in [0.1, 0.15) is 13.0 Å². The Labute approximate surface area is 144 Å². The Morgan fingerprint density at radius 1 is 1.12 bits per heavy atom. The molecule has 0 N–H and O–H groups in total. The summed E-state index contributed by atoms with van der Waals surface area (Å²) in [6.07, 6.45) is 4.08. The molecule has 2 amide bonds. The van der Waals surface area contributed by atoms with E-state index in [4.69, 9.17) is 0 Å². The van der Waals surface area contributed by atoms with Gasteiger partial charge in [-0.25, -0.2) is 4.68 Å². The number of amides is 2. The average Bonchev–Trinajstić information content (AvgIpc) is 2.68. The number of pyridine rings is 1. The van der Waals surface area contributed by atoms with Crippen LogP contribution >= 0.6 is 0 Å². The molecule has 0 aliphatic carbocycles. The number of nitrogens with zero attached hydrogens (tertiary/aromatic N) is 5. The Kier molecular flexibility index (Phi) is 4.87. The molecule has 25 heavy (non-hydrogen) atoms. The number of carbonyl (C=O) groups is 2. The maximum Gasteiger partial charge on any atom is 0.267 e. The summed E-state index contributed by atoms with van der Waals surface area (Å²) in [6.45, 7) is 3.59. The van der Waals surface area contributed by atoms with E-state index in [0.29, 0.717) is 31.9 Å². The van der Waals surface area contributed by atoms with Crippen LogP contribution < -0.4 is 5.56 Å². The van der Waals surface area contributed by atoms with Crippen molar-refractivity contribution in [1.29, 1.82) is 0 Å². The molecule has 130 valence electrons. The summed E-state index contributed by atoms with van der Waals surface area (Å²) in [6, 6.07) is 5.92. The van der Waals surface area contributed by atoms with E-state index in [-0.39, 0.29) is 11.5 Å². The van der Waals surface area contributed by atoms with Gasteiger partial charge in [0, 0.05) is 50.2 Å². The van der Waals surface area contributed by atoms with Gasteiger partial charge in [-0.3, -0.25) is 19.4 Å². The fraction of sp³-hybridized carbons (Fsp3) is 0.353. The van der Waals surface area contributed by atoms with Gasteiger partial charge in [0.05, 0.1) is 5.69 Å². The second-order valence-corrected chi connectivity index (χ2v) is 5.88. The van der Waals surface area contributed by atoms with E-state index in [2.05, 4.69) is 10.1 Å². The summed E-state index contributed by atoms with van der Waals surface area (Å²) < 4.78 is 1.21. The minimum Gasteiger partial charge on any atom is -0.342 e. The lowest BCUT2D eigenvalue weighted by Crippen LogP contribution is -2.50. The number of aromatic nitrogens is 3. The third-order valence-corrected chi connectivity index (χ3v) is 4.30. The van der Waals surface area contributed by atoms with Gasteiger partial charge in [0.25, 0.3) is 5.56 Å². The molecule has 8 nitrogen and oxygen atoms in total. The Hall–Kier alpha value is -3.03. The minimum atomic E-state index is -0.711. The zero-order valence-corrected chi connectivity index (χ0v) is 13.9. The van der Waals surface area contributed by atoms with Gasteiger partial charge in [0.1, 0.15) is 6.04 Å². The summed E-state index contributed by atoms with van der Waals surface area (Å²) in [5.74, 6) is -0.174. The quantitative estimate of drug-likeness (QED) is 0.740. The van der Waals surface area contributed by atoms with Gasteiger partial charge in [0.2, 0.25) is 12.3 Å². The van der Waals surface area contributed by atoms with Crippen LogP contribution in [0.3, 0.4) is 0 Å². The molecule has 1 saturated heterocycles. The van der Waals surface area contributed by atoms with Crippen LogP contribution in [0.25, 0.3) is 11.3 Å². The number of carbonyl (C=O) groups excluding carboxylic acids is 2. The summed E-state index contributed by atoms with van der Waals surface area (Å²) in [7, 11) is 0. The SMILES string of the molecule is CC(C(=O)N1CCN(C=O)CC1)n1nc(-c2ccncc2)ccc1=O. The number of piperazine rings is 1. The van der Waals surface area contributed by atoms with Gasteiger partial charge in [0.15, 0.2) is 0 Å². The summed E-state index contributed by atoms with van der Waals surface area (Å²) in [5, 5.41) is 4.35. The first-order chi connectivity index (χ1) is 12.1. The van der Waals surface area contributed by atoms with Crippen LogP contribution in [0.4, 0.5) is 0 Å². The summed E-state index contributed by atoms with van der Waals surface area (Å²) in [4.78, 5) is 42.9. The van der Waals surface area contributed by atoms with E-state index in [9.17, 15) is 14.4 Å². The highest BCUT2D eigenvalue weighted by Gasteiger charge is 2.26. The summed E-state index contributed by atoms with van der Waals surface area (Å²) in [5.41, 5.74) is 1.10. The third kappa shape index (κ3) is 3.57. The van der Waals surface area contributed by atoms with Crippen LogP contribution in [0, 0.1) is 0 Å². The molecule has 1 unspecified atom stereocenters. The third-order valence-electron chi connectivity index (χ3n) is 4.30. The first kappa shape index (κ1) is 16.8. The molecule has 2 aromatic rings. The molecule has 0 radical (unpaired) electrons. The van der Waals surface area contributed by atoms with Crippen molar-refractivity contribution in [3.8, 4) is 11.3 Å². The fourth-order valence-electron chi connectivity index (χ4n) is 2.80. The van der Waals surface area contributed by atoms with Crippen molar-refractivity contribution in [1.82, 2.24) is 24.6 Å². The molecule has 2 aromatic heterocycles. The van der Waals surface area contributed by atoms with Crippen LogP contribution in [0.2, 0.25) is 0 Å². The van der Waals surface area contributed by atoms with E-state index < -0.39 is 6.04 Å². The molecule has 1 aliphatic heterocycles. The van der Waals surface area contributed by atoms with Crippen molar-refractivity contribution in [3.63, 3.8) is 0 Å². The maximum absolute atomic E-state index is 12.7. The highest BCUT2D eigenvalue weighted by atomic mass is 16.2. The first-order valence-corrected chi connectivity index (χ1v) is 8.08. The van der Waals surface area contributed by atoms with Gasteiger partial charge in [-0.15, -0.1) is 0 Å². The molecule has 0 bridgehead atoms. The van der Waals surface area contributed by atoms with Gasteiger partial charge < -0.3 is 9.80 Å². The van der Waals surface area contributed by atoms with E-state index in [1.807, 2.05) is 0 Å². The molecular weight excluding hydrogens is 322 g/mol.